The van der Waals surface area contributed by atoms with Gasteiger partial charge in [0.2, 0.25) is 6.19 Å². The summed E-state index contributed by atoms with van der Waals surface area (Å²) in [5.74, 6) is -2.37. The minimum Gasteiger partial charge on any atom is -0.177 e. The molecule has 0 amide bonds. The van der Waals surface area contributed by atoms with Crippen LogP contribution in [-0.4, -0.2) is 5.71 Å². The highest BCUT2D eigenvalue weighted by Gasteiger charge is 2.50. The van der Waals surface area contributed by atoms with E-state index in [-0.39, 0.29) is 39.1 Å². The van der Waals surface area contributed by atoms with Gasteiger partial charge in [-0.3, -0.25) is 0 Å². The first kappa shape index (κ1) is 31.2. The molecule has 0 saturated heterocycles. The highest BCUT2D eigenvalue weighted by atomic mass is 19.4. The minimum atomic E-state index is -5.22. The number of aliphatic imine (C=N–C) groups is 1. The molecule has 0 spiro atoms. The highest BCUT2D eigenvalue weighted by molar-refractivity contribution is 6.39. The molecular formula is C32H14F12N2. The predicted molar refractivity (Wildman–Crippen MR) is 142 cm³/mol. The fourth-order valence-electron chi connectivity index (χ4n) is 6.43. The molecule has 4 aromatic carbocycles. The highest BCUT2D eigenvalue weighted by Crippen LogP contribution is 2.62. The van der Waals surface area contributed by atoms with E-state index in [1.165, 1.54) is 0 Å². The summed E-state index contributed by atoms with van der Waals surface area (Å²) in [6, 6.07) is 9.91. The molecule has 46 heavy (non-hydrogen) atoms. The van der Waals surface area contributed by atoms with Gasteiger partial charge in [-0.2, -0.15) is 62.9 Å². The van der Waals surface area contributed by atoms with Crippen molar-refractivity contribution in [2.24, 2.45) is 4.99 Å². The quantitative estimate of drug-likeness (QED) is 0.157. The molecule has 236 valence electrons. The van der Waals surface area contributed by atoms with Crippen molar-refractivity contribution >= 4 is 27.6 Å². The Bertz CT molecular complexity index is 1960. The topological polar surface area (TPSA) is 36.1 Å². The van der Waals surface area contributed by atoms with E-state index < -0.39 is 69.6 Å². The molecule has 2 aliphatic carbocycles. The number of hydrogen-bond acceptors (Lipinski definition) is 2. The van der Waals surface area contributed by atoms with Crippen LogP contribution in [-0.2, 0) is 24.7 Å². The summed E-state index contributed by atoms with van der Waals surface area (Å²) >= 11 is 0. The van der Waals surface area contributed by atoms with Gasteiger partial charge in [0.05, 0.1) is 28.0 Å². The summed E-state index contributed by atoms with van der Waals surface area (Å²) in [5, 5.41) is 8.05. The standard InChI is InChI=1S/C32H14F12N2/c33-29(34,35)16-5-1-14(2-6-16)22-25-18-9-11-20(31(39,40)41)27-21(32(42,43)44)12-10-19(24(18)27)26(25)23(28(22)46-13-45)15-3-7-17(8-4-15)30(36,37)38/h1-12,22,25H. The van der Waals surface area contributed by atoms with Crippen LogP contribution in [0.3, 0.4) is 0 Å². The van der Waals surface area contributed by atoms with E-state index in [1.807, 2.05) is 0 Å². The Kier molecular flexibility index (Phi) is 6.85. The molecule has 0 fully saturated rings. The summed E-state index contributed by atoms with van der Waals surface area (Å²) in [6.45, 7) is 0. The van der Waals surface area contributed by atoms with Gasteiger partial charge >= 0.3 is 24.7 Å². The van der Waals surface area contributed by atoms with E-state index in [0.717, 1.165) is 48.5 Å². The zero-order valence-electron chi connectivity index (χ0n) is 22.5. The molecule has 2 unspecified atom stereocenters. The summed E-state index contributed by atoms with van der Waals surface area (Å²) in [5.41, 5.74) is -5.40. The van der Waals surface area contributed by atoms with Gasteiger partial charge in [-0.1, -0.05) is 36.4 Å². The molecule has 6 rings (SSSR count). The van der Waals surface area contributed by atoms with Crippen LogP contribution in [0.25, 0.3) is 21.9 Å². The van der Waals surface area contributed by atoms with Gasteiger partial charge in [-0.15, -0.1) is 0 Å². The molecule has 0 radical (unpaired) electrons. The second-order valence-electron chi connectivity index (χ2n) is 10.6. The second kappa shape index (κ2) is 10.1. The lowest BCUT2D eigenvalue weighted by Gasteiger charge is -2.23. The van der Waals surface area contributed by atoms with Gasteiger partial charge in [-0.25, -0.2) is 0 Å². The third-order valence-electron chi connectivity index (χ3n) is 8.16. The van der Waals surface area contributed by atoms with Gasteiger partial charge in [0, 0.05) is 22.8 Å². The largest absolute Gasteiger partial charge is 0.417 e. The third kappa shape index (κ3) is 4.89. The predicted octanol–water partition coefficient (Wildman–Crippen LogP) is 10.6. The molecule has 0 aromatic heterocycles. The first-order valence-corrected chi connectivity index (χ1v) is 13.1. The first-order valence-electron chi connectivity index (χ1n) is 13.1. The average molecular weight is 654 g/mol. The van der Waals surface area contributed by atoms with Crippen molar-refractivity contribution in [3.63, 3.8) is 0 Å². The number of nitrogens with zero attached hydrogens (tertiary/aromatic N) is 2. The third-order valence-corrected chi connectivity index (χ3v) is 8.16. The second-order valence-corrected chi connectivity index (χ2v) is 10.6. The van der Waals surface area contributed by atoms with Crippen molar-refractivity contribution in [2.45, 2.75) is 36.5 Å². The van der Waals surface area contributed by atoms with Crippen LogP contribution in [0.15, 0.2) is 77.8 Å². The van der Waals surface area contributed by atoms with E-state index in [4.69, 9.17) is 0 Å². The number of benzene rings is 4. The number of rotatable bonds is 2. The van der Waals surface area contributed by atoms with Crippen LogP contribution in [0.2, 0.25) is 0 Å². The van der Waals surface area contributed by atoms with Crippen molar-refractivity contribution in [3.05, 3.63) is 117 Å². The SMILES string of the molecule is N#CN=C1C(c2ccc(C(F)(F)F)cc2)=C2c3ccc(C(F)(F)F)c4c(C(F)(F)F)ccc(c34)C2C1c1ccc(C(F)(F)F)cc1. The van der Waals surface area contributed by atoms with Crippen LogP contribution in [0.1, 0.15) is 56.3 Å². The molecule has 0 N–H and O–H groups in total. The van der Waals surface area contributed by atoms with E-state index in [1.54, 1.807) is 6.19 Å². The lowest BCUT2D eigenvalue weighted by atomic mass is 9.81. The number of alkyl halides is 12. The van der Waals surface area contributed by atoms with Gasteiger partial charge in [0.1, 0.15) is 0 Å². The number of allylic oxidation sites excluding steroid dienone is 2. The Labute approximate surface area is 250 Å². The van der Waals surface area contributed by atoms with Crippen molar-refractivity contribution in [1.82, 2.24) is 0 Å². The van der Waals surface area contributed by atoms with Crippen molar-refractivity contribution in [2.75, 3.05) is 0 Å². The van der Waals surface area contributed by atoms with E-state index in [9.17, 15) is 57.9 Å². The molecule has 0 heterocycles. The number of nitriles is 1. The Hall–Kier alpha value is -4.80. The normalized spacial score (nSPS) is 19.2. The Balaban J connectivity index is 1.72. The van der Waals surface area contributed by atoms with Crippen LogP contribution in [0.4, 0.5) is 52.7 Å². The van der Waals surface area contributed by atoms with Crippen LogP contribution in [0, 0.1) is 11.5 Å². The van der Waals surface area contributed by atoms with Gasteiger partial charge in [0.15, 0.2) is 0 Å². The van der Waals surface area contributed by atoms with Crippen LogP contribution >= 0.6 is 0 Å². The van der Waals surface area contributed by atoms with Gasteiger partial charge < -0.3 is 0 Å². The number of halogens is 12. The van der Waals surface area contributed by atoms with Gasteiger partial charge in [-0.05, 0) is 69.6 Å². The first-order chi connectivity index (χ1) is 21.3. The molecule has 2 nitrogen and oxygen atoms in total. The van der Waals surface area contributed by atoms with Crippen LogP contribution in [0.5, 0.6) is 0 Å². The summed E-state index contributed by atoms with van der Waals surface area (Å²) in [6.07, 6.45) is -18.4. The smallest absolute Gasteiger partial charge is 0.177 e. The summed E-state index contributed by atoms with van der Waals surface area (Å²) in [7, 11) is 0. The van der Waals surface area contributed by atoms with Crippen molar-refractivity contribution in [3.8, 4) is 6.19 Å². The fourth-order valence-corrected chi connectivity index (χ4v) is 6.43. The maximum atomic E-state index is 14.2. The molecule has 2 aliphatic rings. The molecular weight excluding hydrogens is 640 g/mol. The molecule has 0 aliphatic heterocycles. The molecule has 2 atom stereocenters. The molecule has 14 heteroatoms. The average Bonchev–Trinajstić information content (AvgIpc) is 3.45. The lowest BCUT2D eigenvalue weighted by molar-refractivity contribution is -0.140. The maximum Gasteiger partial charge on any atom is 0.417 e. The van der Waals surface area contributed by atoms with E-state index in [0.29, 0.717) is 24.3 Å². The zero-order chi connectivity index (χ0) is 33.6. The molecule has 4 aromatic rings. The zero-order valence-corrected chi connectivity index (χ0v) is 22.5. The maximum absolute atomic E-state index is 14.2. The Morgan fingerprint density at radius 3 is 1.52 bits per heavy atom. The lowest BCUT2D eigenvalue weighted by Crippen LogP contribution is -2.16. The molecule has 0 bridgehead atoms. The van der Waals surface area contributed by atoms with E-state index >= 15 is 0 Å². The van der Waals surface area contributed by atoms with Crippen molar-refractivity contribution in [1.29, 1.82) is 5.26 Å². The Morgan fingerprint density at radius 2 is 1.04 bits per heavy atom. The minimum absolute atomic E-state index is 0.00769. The monoisotopic (exact) mass is 654 g/mol. The summed E-state index contributed by atoms with van der Waals surface area (Å²) < 4.78 is 165. The Morgan fingerprint density at radius 1 is 0.543 bits per heavy atom. The van der Waals surface area contributed by atoms with E-state index in [2.05, 4.69) is 4.99 Å². The number of fused-ring (bicyclic) bond motifs is 3. The fraction of sp³-hybridized carbons (Fsp3) is 0.188. The van der Waals surface area contributed by atoms with Crippen LogP contribution < -0.4 is 0 Å². The molecule has 0 saturated carbocycles. The van der Waals surface area contributed by atoms with Gasteiger partial charge in [0.25, 0.3) is 0 Å². The number of hydrogen-bond donors (Lipinski definition) is 0. The summed E-state index contributed by atoms with van der Waals surface area (Å²) in [4.78, 5) is 3.87. The van der Waals surface area contributed by atoms with Crippen molar-refractivity contribution < 1.29 is 52.7 Å².